The summed E-state index contributed by atoms with van der Waals surface area (Å²) >= 11 is 14.2. The van der Waals surface area contributed by atoms with Crippen molar-refractivity contribution in [2.75, 3.05) is 26.3 Å². The van der Waals surface area contributed by atoms with Crippen LogP contribution >= 0.6 is 34.5 Å². The van der Waals surface area contributed by atoms with E-state index in [2.05, 4.69) is 4.98 Å². The Labute approximate surface area is 289 Å². The molecule has 14 heteroatoms. The Morgan fingerprint density at radius 2 is 1.72 bits per heavy atom. The topological polar surface area (TPSA) is 122 Å². The maximum Gasteiger partial charge on any atom is 0.411 e. The van der Waals surface area contributed by atoms with E-state index in [1.807, 2.05) is 6.07 Å². The number of aromatic nitrogens is 1. The minimum absolute atomic E-state index is 0.0261. The fraction of sp³-hybridized carbons (Fsp3) is 0.576. The second-order valence-electron chi connectivity index (χ2n) is 14.0. The lowest BCUT2D eigenvalue weighted by atomic mass is 9.83. The number of aliphatic hydroxyl groups is 1. The van der Waals surface area contributed by atoms with Crippen molar-refractivity contribution in [3.05, 3.63) is 50.5 Å². The van der Waals surface area contributed by atoms with Gasteiger partial charge in [0.25, 0.3) is 11.1 Å². The fourth-order valence-electron chi connectivity index (χ4n) is 5.84. The van der Waals surface area contributed by atoms with Crippen LogP contribution in [0.2, 0.25) is 10.0 Å². The summed E-state index contributed by atoms with van der Waals surface area (Å²) in [7, 11) is 0. The molecule has 2 atom stereocenters. The molecule has 2 aromatic rings. The van der Waals surface area contributed by atoms with Gasteiger partial charge >= 0.3 is 12.2 Å². The monoisotopic (exact) mass is 708 g/mol. The van der Waals surface area contributed by atoms with Crippen LogP contribution in [-0.2, 0) is 20.8 Å². The molecular formula is C33H42Cl2N4O7S. The van der Waals surface area contributed by atoms with Gasteiger partial charge < -0.3 is 29.1 Å². The molecule has 3 heterocycles. The highest BCUT2D eigenvalue weighted by Gasteiger charge is 2.51. The van der Waals surface area contributed by atoms with Crippen molar-refractivity contribution >= 4 is 58.2 Å². The van der Waals surface area contributed by atoms with Crippen LogP contribution in [0.5, 0.6) is 5.19 Å². The van der Waals surface area contributed by atoms with Gasteiger partial charge in [0.05, 0.1) is 33.6 Å². The van der Waals surface area contributed by atoms with Crippen molar-refractivity contribution in [1.29, 1.82) is 0 Å². The van der Waals surface area contributed by atoms with Crippen molar-refractivity contribution in [3.8, 4) is 5.19 Å². The summed E-state index contributed by atoms with van der Waals surface area (Å²) < 4.78 is 17.2. The number of nitrogens with zero attached hydrogens (tertiary/aromatic N) is 4. The number of benzene rings is 1. The first kappa shape index (κ1) is 35.3. The number of aliphatic hydroxyl groups excluding tert-OH is 1. The second-order valence-corrected chi connectivity index (χ2v) is 15.8. The number of fused-ring (bicyclic) bond motifs is 2. The Balaban J connectivity index is 1.63. The molecule has 0 radical (unpaired) electrons. The number of halogens is 2. The molecule has 1 aliphatic carbocycles. The maximum atomic E-state index is 15.0. The highest BCUT2D eigenvalue weighted by Crippen LogP contribution is 2.44. The van der Waals surface area contributed by atoms with Crippen LogP contribution in [0.25, 0.3) is 5.57 Å². The van der Waals surface area contributed by atoms with Gasteiger partial charge in [0, 0.05) is 37.4 Å². The van der Waals surface area contributed by atoms with Crippen LogP contribution in [0, 0.1) is 0 Å². The number of hydrogen-bond donors (Lipinski definition) is 1. The predicted octanol–water partition coefficient (Wildman–Crippen LogP) is 6.39. The van der Waals surface area contributed by atoms with Gasteiger partial charge in [-0.2, -0.15) is 0 Å². The molecule has 0 spiro atoms. The third kappa shape index (κ3) is 8.33. The SMILES string of the molecule is CC(C)(C)OC(=O)N1CC2CC(c3cnc(OCCO)s3)=C(C(=O)N(Cc3cccc(Cl)c3Cl)C3CC3)C(C1)N2C(=O)OC(C)(C)C. The van der Waals surface area contributed by atoms with Crippen molar-refractivity contribution in [3.63, 3.8) is 0 Å². The minimum Gasteiger partial charge on any atom is -0.468 e. The summed E-state index contributed by atoms with van der Waals surface area (Å²) in [4.78, 5) is 52.4. The number of piperazine rings is 1. The smallest absolute Gasteiger partial charge is 0.411 e. The average Bonchev–Trinajstić information content (AvgIpc) is 3.70. The number of ether oxygens (including phenoxy) is 3. The van der Waals surface area contributed by atoms with Gasteiger partial charge in [-0.25, -0.2) is 14.6 Å². The van der Waals surface area contributed by atoms with E-state index in [1.165, 1.54) is 11.3 Å². The highest BCUT2D eigenvalue weighted by atomic mass is 35.5. The quantitative estimate of drug-likeness (QED) is 0.335. The number of hydrogen-bond acceptors (Lipinski definition) is 9. The molecule has 2 fully saturated rings. The first-order valence-electron chi connectivity index (χ1n) is 15.7. The van der Waals surface area contributed by atoms with Crippen LogP contribution in [-0.4, -0.2) is 98.5 Å². The van der Waals surface area contributed by atoms with Gasteiger partial charge in [0.15, 0.2) is 0 Å². The van der Waals surface area contributed by atoms with E-state index in [1.54, 1.807) is 74.6 Å². The van der Waals surface area contributed by atoms with E-state index >= 15 is 4.79 Å². The Bertz CT molecular complexity index is 1550. The zero-order chi connectivity index (χ0) is 34.3. The van der Waals surface area contributed by atoms with Crippen molar-refractivity contribution in [1.82, 2.24) is 19.7 Å². The summed E-state index contributed by atoms with van der Waals surface area (Å²) in [5.41, 5.74) is 0.289. The first-order valence-corrected chi connectivity index (χ1v) is 17.3. The van der Waals surface area contributed by atoms with Crippen LogP contribution < -0.4 is 4.74 Å². The molecule has 1 saturated carbocycles. The molecule has 1 N–H and O–H groups in total. The van der Waals surface area contributed by atoms with Gasteiger partial charge in [0.1, 0.15) is 17.8 Å². The molecule has 47 heavy (non-hydrogen) atoms. The fourth-order valence-corrected chi connectivity index (χ4v) is 7.08. The predicted molar refractivity (Wildman–Crippen MR) is 180 cm³/mol. The molecule has 11 nitrogen and oxygen atoms in total. The maximum absolute atomic E-state index is 15.0. The van der Waals surface area contributed by atoms with Gasteiger partial charge in [-0.15, -0.1) is 0 Å². The second kappa shape index (κ2) is 13.8. The molecule has 1 aromatic carbocycles. The van der Waals surface area contributed by atoms with Crippen LogP contribution in [0.1, 0.15) is 71.2 Å². The van der Waals surface area contributed by atoms with E-state index in [9.17, 15) is 14.7 Å². The third-order valence-electron chi connectivity index (χ3n) is 7.86. The van der Waals surface area contributed by atoms with E-state index < -0.39 is 35.5 Å². The van der Waals surface area contributed by atoms with Gasteiger partial charge in [0.2, 0.25) is 0 Å². The van der Waals surface area contributed by atoms with Gasteiger partial charge in [-0.1, -0.05) is 46.7 Å². The van der Waals surface area contributed by atoms with E-state index in [4.69, 9.17) is 37.4 Å². The van der Waals surface area contributed by atoms with Crippen molar-refractivity contribution in [2.24, 2.45) is 0 Å². The summed E-state index contributed by atoms with van der Waals surface area (Å²) in [5.74, 6) is -0.271. The van der Waals surface area contributed by atoms with Gasteiger partial charge in [-0.3, -0.25) is 9.69 Å². The third-order valence-corrected chi connectivity index (χ3v) is 9.69. The number of rotatable bonds is 8. The minimum atomic E-state index is -0.840. The van der Waals surface area contributed by atoms with Gasteiger partial charge in [-0.05, 0) is 78.0 Å². The largest absolute Gasteiger partial charge is 0.468 e. The lowest BCUT2D eigenvalue weighted by molar-refractivity contribution is -0.129. The number of carbonyl (C=O) groups excluding carboxylic acids is 3. The molecule has 5 rings (SSSR count). The zero-order valence-corrected chi connectivity index (χ0v) is 29.9. The average molecular weight is 710 g/mol. The molecule has 2 aliphatic heterocycles. The molecular weight excluding hydrogens is 667 g/mol. The van der Waals surface area contributed by atoms with E-state index in [0.717, 1.165) is 18.4 Å². The molecule has 2 unspecified atom stereocenters. The van der Waals surface area contributed by atoms with Crippen molar-refractivity contribution < 1.29 is 33.7 Å². The molecule has 1 saturated heterocycles. The summed E-state index contributed by atoms with van der Waals surface area (Å²) in [5, 5.41) is 10.4. The molecule has 1 aromatic heterocycles. The number of thiazole rings is 1. The molecule has 3 amide bonds. The Morgan fingerprint density at radius 3 is 2.36 bits per heavy atom. The molecule has 3 aliphatic rings. The lowest BCUT2D eigenvalue weighted by Crippen LogP contribution is -2.66. The number of amides is 3. The number of carbonyl (C=O) groups is 3. The van der Waals surface area contributed by atoms with E-state index in [0.29, 0.717) is 31.3 Å². The lowest BCUT2D eigenvalue weighted by Gasteiger charge is -2.51. The zero-order valence-electron chi connectivity index (χ0n) is 27.5. The Morgan fingerprint density at radius 1 is 1.04 bits per heavy atom. The first-order chi connectivity index (χ1) is 22.1. The Kier molecular flexibility index (Phi) is 10.4. The van der Waals surface area contributed by atoms with Crippen molar-refractivity contribution in [2.45, 2.75) is 96.7 Å². The van der Waals surface area contributed by atoms with Crippen LogP contribution in [0.15, 0.2) is 30.0 Å². The van der Waals surface area contributed by atoms with Crippen LogP contribution in [0.4, 0.5) is 9.59 Å². The Hall–Kier alpha value is -3.06. The summed E-state index contributed by atoms with van der Waals surface area (Å²) in [6, 6.07) is 3.95. The highest BCUT2D eigenvalue weighted by molar-refractivity contribution is 7.14. The van der Waals surface area contributed by atoms with E-state index in [-0.39, 0.29) is 51.2 Å². The molecule has 256 valence electrons. The summed E-state index contributed by atoms with van der Waals surface area (Å²) in [6.45, 7) is 11.1. The standard InChI is InChI=1S/C33H42Cl2N4O7S/c1-32(2,3)45-30(42)37-17-21-14-22(25-15-36-29(47-25)44-13-12-40)26(24(18-37)39(21)31(43)46-33(4,5)6)28(41)38(20-10-11-20)16-19-8-7-9-23(34)27(19)35/h7-9,15,20-21,24,40H,10-14,16-18H2,1-6H3. The molecule has 2 bridgehead atoms. The van der Waals surface area contributed by atoms with Crippen LogP contribution in [0.3, 0.4) is 0 Å². The summed E-state index contributed by atoms with van der Waals surface area (Å²) in [6.07, 6.45) is 2.47. The normalized spacial score (nSPS) is 19.9.